The van der Waals surface area contributed by atoms with Crippen molar-refractivity contribution in [3.8, 4) is 0 Å². The van der Waals surface area contributed by atoms with Gasteiger partial charge in [-0.15, -0.1) is 0 Å². The number of aliphatic hydroxyl groups is 1. The number of aromatic nitrogens is 3. The monoisotopic (exact) mass is 319 g/mol. The summed E-state index contributed by atoms with van der Waals surface area (Å²) in [5, 5.41) is 16.2. The van der Waals surface area contributed by atoms with E-state index in [0.717, 1.165) is 24.3 Å². The van der Waals surface area contributed by atoms with E-state index < -0.39 is 5.60 Å². The van der Waals surface area contributed by atoms with Gasteiger partial charge < -0.3 is 5.11 Å². The Hall–Kier alpha value is -1.39. The third-order valence-electron chi connectivity index (χ3n) is 5.19. The number of hydrogen-bond donors (Lipinski definition) is 1. The summed E-state index contributed by atoms with van der Waals surface area (Å²) in [6, 6.07) is 7.99. The molecule has 0 saturated heterocycles. The topological polar surface area (TPSA) is 50.9 Å². The smallest absolute Gasteiger partial charge is 0.137 e. The highest BCUT2D eigenvalue weighted by atomic mass is 35.5. The van der Waals surface area contributed by atoms with Gasteiger partial charge in [-0.05, 0) is 48.3 Å². The SMILES string of the molecule is CC1(C)CC[C@@H](c2ccc(Cl)cc2)C[C@]1(O)Cn1cncn1. The lowest BCUT2D eigenvalue weighted by molar-refractivity contribution is -0.115. The van der Waals surface area contributed by atoms with Crippen molar-refractivity contribution in [1.82, 2.24) is 14.8 Å². The highest BCUT2D eigenvalue weighted by Crippen LogP contribution is 2.49. The Morgan fingerprint density at radius 3 is 2.68 bits per heavy atom. The van der Waals surface area contributed by atoms with Gasteiger partial charge in [0.15, 0.2) is 0 Å². The molecule has 2 atom stereocenters. The normalized spacial score (nSPS) is 27.7. The van der Waals surface area contributed by atoms with Crippen LogP contribution in [0.2, 0.25) is 5.02 Å². The summed E-state index contributed by atoms with van der Waals surface area (Å²) in [5.74, 6) is 0.346. The van der Waals surface area contributed by atoms with E-state index in [-0.39, 0.29) is 5.41 Å². The summed E-state index contributed by atoms with van der Waals surface area (Å²) in [5.41, 5.74) is 0.294. The molecule has 0 spiro atoms. The molecule has 0 unspecified atom stereocenters. The summed E-state index contributed by atoms with van der Waals surface area (Å²) >= 11 is 5.98. The van der Waals surface area contributed by atoms with Gasteiger partial charge in [-0.2, -0.15) is 5.10 Å². The van der Waals surface area contributed by atoms with Gasteiger partial charge in [0.05, 0.1) is 12.1 Å². The van der Waals surface area contributed by atoms with E-state index in [1.54, 1.807) is 11.0 Å². The lowest BCUT2D eigenvalue weighted by atomic mass is 9.61. The van der Waals surface area contributed by atoms with Crippen LogP contribution in [0, 0.1) is 5.41 Å². The fourth-order valence-corrected chi connectivity index (χ4v) is 3.56. The third kappa shape index (κ3) is 2.90. The Balaban J connectivity index is 1.84. The predicted octanol–water partition coefficient (Wildman–Crippen LogP) is 3.66. The zero-order valence-electron chi connectivity index (χ0n) is 13.0. The summed E-state index contributed by atoms with van der Waals surface area (Å²) in [4.78, 5) is 3.98. The van der Waals surface area contributed by atoms with Gasteiger partial charge in [0.2, 0.25) is 0 Å². The van der Waals surface area contributed by atoms with E-state index in [1.165, 1.54) is 11.9 Å². The van der Waals surface area contributed by atoms with Crippen LogP contribution < -0.4 is 0 Å². The second kappa shape index (κ2) is 5.67. The van der Waals surface area contributed by atoms with Crippen molar-refractivity contribution in [3.05, 3.63) is 47.5 Å². The van der Waals surface area contributed by atoms with Crippen LogP contribution in [0.1, 0.15) is 44.6 Å². The second-order valence-corrected chi connectivity index (χ2v) is 7.44. The molecule has 1 N–H and O–H groups in total. The maximum atomic E-state index is 11.3. The molecule has 22 heavy (non-hydrogen) atoms. The van der Waals surface area contributed by atoms with E-state index in [2.05, 4.69) is 36.1 Å². The Morgan fingerprint density at radius 2 is 2.05 bits per heavy atom. The van der Waals surface area contributed by atoms with Gasteiger partial charge in [0.1, 0.15) is 12.7 Å². The number of benzene rings is 1. The largest absolute Gasteiger partial charge is 0.387 e. The van der Waals surface area contributed by atoms with Crippen LogP contribution in [0.5, 0.6) is 0 Å². The van der Waals surface area contributed by atoms with Crippen molar-refractivity contribution < 1.29 is 5.11 Å². The summed E-state index contributed by atoms with van der Waals surface area (Å²) < 4.78 is 1.73. The van der Waals surface area contributed by atoms with E-state index in [4.69, 9.17) is 11.6 Å². The van der Waals surface area contributed by atoms with Crippen LogP contribution in [-0.4, -0.2) is 25.5 Å². The fourth-order valence-electron chi connectivity index (χ4n) is 3.43. The van der Waals surface area contributed by atoms with Crippen LogP contribution in [0.4, 0.5) is 0 Å². The molecule has 1 aromatic carbocycles. The van der Waals surface area contributed by atoms with E-state index in [1.807, 2.05) is 12.1 Å². The molecule has 1 aromatic heterocycles. The molecule has 118 valence electrons. The lowest BCUT2D eigenvalue weighted by Crippen LogP contribution is -2.52. The van der Waals surface area contributed by atoms with Crippen LogP contribution in [0.3, 0.4) is 0 Å². The third-order valence-corrected chi connectivity index (χ3v) is 5.45. The maximum Gasteiger partial charge on any atom is 0.137 e. The molecule has 0 amide bonds. The first-order chi connectivity index (χ1) is 10.4. The molecular formula is C17H22ClN3O. The fraction of sp³-hybridized carbons (Fsp3) is 0.529. The van der Waals surface area contributed by atoms with Crippen molar-refractivity contribution >= 4 is 11.6 Å². The number of hydrogen-bond acceptors (Lipinski definition) is 3. The summed E-state index contributed by atoms with van der Waals surface area (Å²) in [7, 11) is 0. The predicted molar refractivity (Wildman–Crippen MR) is 86.8 cm³/mol. The van der Waals surface area contributed by atoms with Crippen molar-refractivity contribution in [1.29, 1.82) is 0 Å². The number of halogens is 1. The Bertz CT molecular complexity index is 624. The van der Waals surface area contributed by atoms with Crippen molar-refractivity contribution in [2.45, 2.75) is 51.2 Å². The molecule has 5 heteroatoms. The number of nitrogens with zero attached hydrogens (tertiary/aromatic N) is 3. The first-order valence-corrected chi connectivity index (χ1v) is 8.08. The van der Waals surface area contributed by atoms with Gasteiger partial charge >= 0.3 is 0 Å². The molecule has 4 nitrogen and oxygen atoms in total. The molecule has 1 heterocycles. The maximum absolute atomic E-state index is 11.3. The molecule has 3 rings (SSSR count). The summed E-state index contributed by atoms with van der Waals surface area (Å²) in [6.07, 6.45) is 5.96. The minimum Gasteiger partial charge on any atom is -0.387 e. The number of rotatable bonds is 3. The Labute approximate surface area is 136 Å². The van der Waals surface area contributed by atoms with E-state index >= 15 is 0 Å². The van der Waals surface area contributed by atoms with Crippen molar-refractivity contribution in [2.75, 3.05) is 0 Å². The summed E-state index contributed by atoms with van der Waals surface area (Å²) in [6.45, 7) is 4.76. The highest BCUT2D eigenvalue weighted by Gasteiger charge is 2.48. The van der Waals surface area contributed by atoms with Crippen molar-refractivity contribution in [3.63, 3.8) is 0 Å². The molecule has 0 bridgehead atoms. The standard InChI is InChI=1S/C17H22ClN3O/c1-16(2)8-7-14(13-3-5-15(18)6-4-13)9-17(16,22)10-21-12-19-11-20-21/h3-6,11-12,14,22H,7-10H2,1-2H3/t14-,17+/m1/s1. The minimum atomic E-state index is -0.802. The van der Waals surface area contributed by atoms with E-state index in [0.29, 0.717) is 12.5 Å². The van der Waals surface area contributed by atoms with Crippen LogP contribution in [0.25, 0.3) is 0 Å². The zero-order valence-corrected chi connectivity index (χ0v) is 13.8. The highest BCUT2D eigenvalue weighted by molar-refractivity contribution is 6.30. The zero-order chi connectivity index (χ0) is 15.8. The van der Waals surface area contributed by atoms with Crippen LogP contribution in [0.15, 0.2) is 36.9 Å². The second-order valence-electron chi connectivity index (χ2n) is 7.00. The van der Waals surface area contributed by atoms with Gasteiger partial charge in [0.25, 0.3) is 0 Å². The first kappa shape index (κ1) is 15.5. The minimum absolute atomic E-state index is 0.151. The quantitative estimate of drug-likeness (QED) is 0.939. The molecule has 0 radical (unpaired) electrons. The van der Waals surface area contributed by atoms with Gasteiger partial charge in [-0.3, -0.25) is 4.68 Å². The Morgan fingerprint density at radius 1 is 1.32 bits per heavy atom. The van der Waals surface area contributed by atoms with Gasteiger partial charge in [-0.1, -0.05) is 37.6 Å². The van der Waals surface area contributed by atoms with Crippen LogP contribution >= 0.6 is 11.6 Å². The molecule has 2 aromatic rings. The van der Waals surface area contributed by atoms with Crippen LogP contribution in [-0.2, 0) is 6.54 Å². The molecule has 1 fully saturated rings. The molecule has 1 aliphatic carbocycles. The average molecular weight is 320 g/mol. The van der Waals surface area contributed by atoms with Gasteiger partial charge in [-0.25, -0.2) is 4.98 Å². The van der Waals surface area contributed by atoms with E-state index in [9.17, 15) is 5.11 Å². The molecular weight excluding hydrogens is 298 g/mol. The molecule has 1 aliphatic rings. The Kier molecular flexibility index (Phi) is 4.00. The first-order valence-electron chi connectivity index (χ1n) is 7.70. The van der Waals surface area contributed by atoms with Gasteiger partial charge in [0, 0.05) is 5.02 Å². The average Bonchev–Trinajstić information content (AvgIpc) is 2.96. The lowest BCUT2D eigenvalue weighted by Gasteiger charge is -2.49. The van der Waals surface area contributed by atoms with Crippen molar-refractivity contribution in [2.24, 2.45) is 5.41 Å². The molecule has 1 saturated carbocycles. The molecule has 0 aliphatic heterocycles.